The number of anilines is 1. The van der Waals surface area contributed by atoms with Crippen LogP contribution in [0.4, 0.5) is 10.1 Å². The van der Waals surface area contributed by atoms with E-state index in [2.05, 4.69) is 10.6 Å². The lowest BCUT2D eigenvalue weighted by molar-refractivity contribution is -0.136. The highest BCUT2D eigenvalue weighted by Crippen LogP contribution is 2.07. The fraction of sp³-hybridized carbons (Fsp3) is 0.471. The van der Waals surface area contributed by atoms with Crippen LogP contribution in [0, 0.1) is 5.82 Å². The number of amides is 3. The van der Waals surface area contributed by atoms with E-state index in [0.717, 1.165) is 0 Å². The van der Waals surface area contributed by atoms with Gasteiger partial charge in [0, 0.05) is 18.8 Å². The summed E-state index contributed by atoms with van der Waals surface area (Å²) in [6.07, 6.45) is 0. The Kier molecular flexibility index (Phi) is 7.49. The second-order valence-electron chi connectivity index (χ2n) is 6.00. The van der Waals surface area contributed by atoms with E-state index < -0.39 is 11.7 Å². The SMILES string of the molecule is CN(CC(=O)NCC(=O)Nc1ccc(F)cc1)CC(=O)N1CCOCC1. The Bertz CT molecular complexity index is 632. The molecule has 1 heterocycles. The Morgan fingerprint density at radius 1 is 1.12 bits per heavy atom. The number of hydrogen-bond donors (Lipinski definition) is 2. The lowest BCUT2D eigenvalue weighted by atomic mass is 10.3. The molecular weight excluding hydrogens is 343 g/mol. The molecule has 2 N–H and O–H groups in total. The van der Waals surface area contributed by atoms with Crippen molar-refractivity contribution < 1.29 is 23.5 Å². The number of nitrogens with zero attached hydrogens (tertiary/aromatic N) is 2. The Morgan fingerprint density at radius 3 is 2.42 bits per heavy atom. The third-order valence-corrected chi connectivity index (χ3v) is 3.76. The summed E-state index contributed by atoms with van der Waals surface area (Å²) >= 11 is 0. The molecule has 1 aromatic rings. The predicted octanol–water partition coefficient (Wildman–Crippen LogP) is -0.329. The first-order valence-corrected chi connectivity index (χ1v) is 8.30. The Labute approximate surface area is 151 Å². The van der Waals surface area contributed by atoms with Crippen molar-refractivity contribution in [2.45, 2.75) is 0 Å². The normalized spacial score (nSPS) is 14.2. The molecule has 1 aromatic carbocycles. The topological polar surface area (TPSA) is 91.0 Å². The molecule has 0 aliphatic carbocycles. The summed E-state index contributed by atoms with van der Waals surface area (Å²) in [5, 5.41) is 5.03. The lowest BCUT2D eigenvalue weighted by Gasteiger charge is -2.28. The van der Waals surface area contributed by atoms with Crippen LogP contribution in [-0.2, 0) is 19.1 Å². The molecular formula is C17H23FN4O4. The summed E-state index contributed by atoms with van der Waals surface area (Å²) < 4.78 is 18.0. The molecule has 0 radical (unpaired) electrons. The van der Waals surface area contributed by atoms with E-state index in [0.29, 0.717) is 32.0 Å². The quantitative estimate of drug-likeness (QED) is 0.690. The maximum absolute atomic E-state index is 12.8. The minimum atomic E-state index is -0.419. The van der Waals surface area contributed by atoms with Crippen molar-refractivity contribution in [3.8, 4) is 0 Å². The number of carbonyl (C=O) groups excluding carboxylic acids is 3. The van der Waals surface area contributed by atoms with Crippen molar-refractivity contribution >= 4 is 23.4 Å². The zero-order valence-corrected chi connectivity index (χ0v) is 14.7. The van der Waals surface area contributed by atoms with Gasteiger partial charge < -0.3 is 20.3 Å². The first-order chi connectivity index (χ1) is 12.4. The van der Waals surface area contributed by atoms with E-state index in [1.54, 1.807) is 16.8 Å². The van der Waals surface area contributed by atoms with Gasteiger partial charge in [-0.3, -0.25) is 19.3 Å². The average Bonchev–Trinajstić information content (AvgIpc) is 2.62. The number of ether oxygens (including phenoxy) is 1. The molecule has 0 saturated carbocycles. The van der Waals surface area contributed by atoms with E-state index in [9.17, 15) is 18.8 Å². The van der Waals surface area contributed by atoms with Crippen molar-refractivity contribution in [3.63, 3.8) is 0 Å². The van der Waals surface area contributed by atoms with Crippen LogP contribution >= 0.6 is 0 Å². The van der Waals surface area contributed by atoms with Gasteiger partial charge in [0.1, 0.15) is 5.82 Å². The number of hydrogen-bond acceptors (Lipinski definition) is 5. The molecule has 1 fully saturated rings. The summed E-state index contributed by atoms with van der Waals surface area (Å²) in [6, 6.07) is 5.32. The van der Waals surface area contributed by atoms with Crippen molar-refractivity contribution in [2.24, 2.45) is 0 Å². The van der Waals surface area contributed by atoms with Crippen LogP contribution in [0.15, 0.2) is 24.3 Å². The van der Waals surface area contributed by atoms with Gasteiger partial charge in [-0.25, -0.2) is 4.39 Å². The molecule has 0 aromatic heterocycles. The van der Waals surface area contributed by atoms with Crippen LogP contribution in [0.2, 0.25) is 0 Å². The van der Waals surface area contributed by atoms with Crippen LogP contribution < -0.4 is 10.6 Å². The van der Waals surface area contributed by atoms with Crippen molar-refractivity contribution in [3.05, 3.63) is 30.1 Å². The number of halogens is 1. The van der Waals surface area contributed by atoms with Gasteiger partial charge in [-0.05, 0) is 31.3 Å². The molecule has 8 nitrogen and oxygen atoms in total. The fourth-order valence-corrected chi connectivity index (χ4v) is 2.42. The third kappa shape index (κ3) is 6.77. The molecule has 3 amide bonds. The Hall–Kier alpha value is -2.52. The second-order valence-corrected chi connectivity index (χ2v) is 6.00. The highest BCUT2D eigenvalue weighted by atomic mass is 19.1. The molecule has 1 aliphatic rings. The number of benzene rings is 1. The minimum absolute atomic E-state index is 0.0000910. The number of nitrogens with one attached hydrogen (secondary N) is 2. The van der Waals surface area contributed by atoms with Crippen LogP contribution in [0.1, 0.15) is 0 Å². The summed E-state index contributed by atoms with van der Waals surface area (Å²) in [4.78, 5) is 39.0. The highest BCUT2D eigenvalue weighted by molar-refractivity contribution is 5.94. The van der Waals surface area contributed by atoms with Crippen LogP contribution in [0.25, 0.3) is 0 Å². The Balaban J connectivity index is 1.66. The number of likely N-dealkylation sites (N-methyl/N-ethyl adjacent to an activating group) is 1. The van der Waals surface area contributed by atoms with Gasteiger partial charge in [-0.2, -0.15) is 0 Å². The largest absolute Gasteiger partial charge is 0.378 e. The van der Waals surface area contributed by atoms with Gasteiger partial charge in [0.25, 0.3) is 0 Å². The zero-order valence-electron chi connectivity index (χ0n) is 14.7. The minimum Gasteiger partial charge on any atom is -0.378 e. The zero-order chi connectivity index (χ0) is 18.9. The highest BCUT2D eigenvalue weighted by Gasteiger charge is 2.19. The van der Waals surface area contributed by atoms with Gasteiger partial charge in [0.2, 0.25) is 17.7 Å². The molecule has 1 aliphatic heterocycles. The van der Waals surface area contributed by atoms with Gasteiger partial charge in [-0.1, -0.05) is 0 Å². The molecule has 142 valence electrons. The van der Waals surface area contributed by atoms with Gasteiger partial charge >= 0.3 is 0 Å². The van der Waals surface area contributed by atoms with Crippen molar-refractivity contribution in [2.75, 3.05) is 58.3 Å². The van der Waals surface area contributed by atoms with Crippen molar-refractivity contribution in [1.82, 2.24) is 15.1 Å². The first-order valence-electron chi connectivity index (χ1n) is 8.30. The fourth-order valence-electron chi connectivity index (χ4n) is 2.42. The van der Waals surface area contributed by atoms with E-state index in [-0.39, 0.29) is 31.4 Å². The van der Waals surface area contributed by atoms with Crippen molar-refractivity contribution in [1.29, 1.82) is 0 Å². The van der Waals surface area contributed by atoms with Crippen LogP contribution in [0.5, 0.6) is 0 Å². The van der Waals surface area contributed by atoms with Crippen LogP contribution in [0.3, 0.4) is 0 Å². The molecule has 9 heteroatoms. The van der Waals surface area contributed by atoms with Gasteiger partial charge in [0.15, 0.2) is 0 Å². The standard InChI is InChI=1S/C17H23FN4O4/c1-21(12-17(25)22-6-8-26-9-7-22)11-16(24)19-10-15(23)20-14-4-2-13(18)3-5-14/h2-5H,6-12H2,1H3,(H,19,24)(H,20,23). The number of rotatable bonds is 7. The van der Waals surface area contributed by atoms with E-state index >= 15 is 0 Å². The molecule has 0 atom stereocenters. The molecule has 1 saturated heterocycles. The monoisotopic (exact) mass is 366 g/mol. The molecule has 0 spiro atoms. The maximum atomic E-state index is 12.8. The summed E-state index contributed by atoms with van der Waals surface area (Å²) in [5.74, 6) is -1.24. The molecule has 2 rings (SSSR count). The summed E-state index contributed by atoms with van der Waals surface area (Å²) in [6.45, 7) is 2.08. The molecule has 0 bridgehead atoms. The summed E-state index contributed by atoms with van der Waals surface area (Å²) in [5.41, 5.74) is 0.443. The van der Waals surface area contributed by atoms with E-state index in [1.807, 2.05) is 0 Å². The maximum Gasteiger partial charge on any atom is 0.243 e. The predicted molar refractivity (Wildman–Crippen MR) is 92.9 cm³/mol. The summed E-state index contributed by atoms with van der Waals surface area (Å²) in [7, 11) is 1.66. The Morgan fingerprint density at radius 2 is 1.77 bits per heavy atom. The van der Waals surface area contributed by atoms with E-state index in [4.69, 9.17) is 4.74 Å². The van der Waals surface area contributed by atoms with Crippen LogP contribution in [-0.4, -0.2) is 80.5 Å². The number of carbonyl (C=O) groups is 3. The molecule has 26 heavy (non-hydrogen) atoms. The number of morpholine rings is 1. The van der Waals surface area contributed by atoms with E-state index in [1.165, 1.54) is 24.3 Å². The smallest absolute Gasteiger partial charge is 0.243 e. The average molecular weight is 366 g/mol. The van der Waals surface area contributed by atoms with Gasteiger partial charge in [0.05, 0.1) is 32.8 Å². The first kappa shape index (κ1) is 19.8. The lowest BCUT2D eigenvalue weighted by Crippen LogP contribution is -2.47. The van der Waals surface area contributed by atoms with Gasteiger partial charge in [-0.15, -0.1) is 0 Å². The third-order valence-electron chi connectivity index (χ3n) is 3.76. The molecule has 0 unspecified atom stereocenters. The second kappa shape index (κ2) is 9.83.